The van der Waals surface area contributed by atoms with Gasteiger partial charge in [-0.1, -0.05) is 41.6 Å². The Morgan fingerprint density at radius 3 is 2.39 bits per heavy atom. The second-order valence-corrected chi connectivity index (χ2v) is 7.09. The summed E-state index contributed by atoms with van der Waals surface area (Å²) in [7, 11) is 1.61. The van der Waals surface area contributed by atoms with Gasteiger partial charge in [-0.2, -0.15) is 4.98 Å². The molecule has 31 heavy (non-hydrogen) atoms. The van der Waals surface area contributed by atoms with Gasteiger partial charge in [0, 0.05) is 16.7 Å². The van der Waals surface area contributed by atoms with Gasteiger partial charge in [-0.3, -0.25) is 4.79 Å². The van der Waals surface area contributed by atoms with Crippen molar-refractivity contribution < 1.29 is 13.7 Å². The van der Waals surface area contributed by atoms with E-state index in [2.05, 4.69) is 10.1 Å². The van der Waals surface area contributed by atoms with E-state index in [9.17, 15) is 4.79 Å². The van der Waals surface area contributed by atoms with Crippen LogP contribution in [-0.2, 0) is 0 Å². The van der Waals surface area contributed by atoms with E-state index < -0.39 is 0 Å². The molecule has 0 radical (unpaired) electrons. The third kappa shape index (κ3) is 3.28. The van der Waals surface area contributed by atoms with Gasteiger partial charge in [-0.05, 0) is 43.3 Å². The molecule has 0 unspecified atom stereocenters. The number of ether oxygens (including phenoxy) is 1. The molecule has 0 aliphatic heterocycles. The summed E-state index contributed by atoms with van der Waals surface area (Å²) < 4.78 is 17.0. The van der Waals surface area contributed by atoms with E-state index in [0.717, 1.165) is 16.9 Å². The molecule has 0 saturated carbocycles. The molecular formula is C25H18N2O4. The molecule has 0 N–H and O–H groups in total. The summed E-state index contributed by atoms with van der Waals surface area (Å²) in [6, 6.07) is 22.3. The topological polar surface area (TPSA) is 78.4 Å². The van der Waals surface area contributed by atoms with E-state index in [0.29, 0.717) is 33.7 Å². The Hall–Kier alpha value is -4.19. The first-order valence-corrected chi connectivity index (χ1v) is 9.76. The Morgan fingerprint density at radius 2 is 1.65 bits per heavy atom. The molecule has 0 saturated heterocycles. The summed E-state index contributed by atoms with van der Waals surface area (Å²) in [6.45, 7) is 1.77. The molecule has 152 valence electrons. The molecule has 5 aromatic rings. The average molecular weight is 410 g/mol. The highest BCUT2D eigenvalue weighted by Gasteiger charge is 2.19. The van der Waals surface area contributed by atoms with Crippen molar-refractivity contribution in [3.8, 4) is 39.9 Å². The van der Waals surface area contributed by atoms with Gasteiger partial charge in [0.15, 0.2) is 11.0 Å². The highest BCUT2D eigenvalue weighted by molar-refractivity contribution is 5.91. The highest BCUT2D eigenvalue weighted by atomic mass is 16.5. The first-order chi connectivity index (χ1) is 15.2. The molecule has 6 heteroatoms. The Kier molecular flexibility index (Phi) is 4.59. The number of rotatable bonds is 4. The van der Waals surface area contributed by atoms with Crippen LogP contribution in [0, 0.1) is 6.92 Å². The predicted octanol–water partition coefficient (Wildman–Crippen LogP) is 5.49. The molecular weight excluding hydrogens is 392 g/mol. The second kappa shape index (κ2) is 7.57. The minimum atomic E-state index is -0.0863. The number of aromatic nitrogens is 2. The van der Waals surface area contributed by atoms with Crippen molar-refractivity contribution in [1.29, 1.82) is 0 Å². The smallest absolute Gasteiger partial charge is 0.262 e. The fraction of sp³-hybridized carbons (Fsp3) is 0.0800. The van der Waals surface area contributed by atoms with Crippen LogP contribution in [0.15, 0.2) is 86.5 Å². The lowest BCUT2D eigenvalue weighted by molar-refractivity contribution is 0.414. The van der Waals surface area contributed by atoms with Crippen LogP contribution in [0.3, 0.4) is 0 Å². The molecule has 2 heterocycles. The van der Waals surface area contributed by atoms with Crippen LogP contribution >= 0.6 is 0 Å². The van der Waals surface area contributed by atoms with Gasteiger partial charge >= 0.3 is 0 Å². The fourth-order valence-electron chi connectivity index (χ4n) is 3.53. The average Bonchev–Trinajstić information content (AvgIpc) is 3.32. The normalized spacial score (nSPS) is 11.0. The first kappa shape index (κ1) is 18.8. The van der Waals surface area contributed by atoms with Gasteiger partial charge in [-0.25, -0.2) is 0 Å². The monoisotopic (exact) mass is 410 g/mol. The summed E-state index contributed by atoms with van der Waals surface area (Å²) in [4.78, 5) is 17.6. The third-order valence-electron chi connectivity index (χ3n) is 5.19. The highest BCUT2D eigenvalue weighted by Crippen LogP contribution is 2.32. The van der Waals surface area contributed by atoms with E-state index >= 15 is 0 Å². The van der Waals surface area contributed by atoms with Crippen molar-refractivity contribution in [3.05, 3.63) is 88.6 Å². The molecule has 0 aliphatic rings. The van der Waals surface area contributed by atoms with Gasteiger partial charge < -0.3 is 13.7 Å². The van der Waals surface area contributed by atoms with Crippen LogP contribution in [0.2, 0.25) is 0 Å². The zero-order valence-corrected chi connectivity index (χ0v) is 17.0. The minimum absolute atomic E-state index is 0.0863. The maximum atomic E-state index is 13.1. The first-order valence-electron chi connectivity index (χ1n) is 9.76. The Labute approximate surface area is 177 Å². The maximum Gasteiger partial charge on any atom is 0.262 e. The van der Waals surface area contributed by atoms with Gasteiger partial charge in [0.25, 0.3) is 5.89 Å². The van der Waals surface area contributed by atoms with Crippen LogP contribution in [0.1, 0.15) is 5.56 Å². The number of para-hydroxylation sites is 1. The van der Waals surface area contributed by atoms with Crippen LogP contribution in [0.4, 0.5) is 0 Å². The van der Waals surface area contributed by atoms with Crippen molar-refractivity contribution in [2.24, 2.45) is 0 Å². The molecule has 0 atom stereocenters. The molecule has 6 nitrogen and oxygen atoms in total. The van der Waals surface area contributed by atoms with Crippen molar-refractivity contribution >= 4 is 11.0 Å². The second-order valence-electron chi connectivity index (χ2n) is 7.09. The standard InChI is InChI=1S/C25H18N2O4/c1-15-21(28)19-9-6-10-20(23(19)30-22(15)16-7-4-3-5-8-16)25-26-24(27-31-25)17-11-13-18(29-2)14-12-17/h3-14H,1-2H3. The van der Waals surface area contributed by atoms with Gasteiger partial charge in [-0.15, -0.1) is 0 Å². The summed E-state index contributed by atoms with van der Waals surface area (Å²) >= 11 is 0. The Bertz CT molecular complexity index is 1430. The van der Waals surface area contributed by atoms with Crippen molar-refractivity contribution in [2.45, 2.75) is 6.92 Å². The molecule has 0 aliphatic carbocycles. The summed E-state index contributed by atoms with van der Waals surface area (Å²) in [5.74, 6) is 1.99. The molecule has 3 aromatic carbocycles. The lowest BCUT2D eigenvalue weighted by Crippen LogP contribution is -2.07. The zero-order chi connectivity index (χ0) is 21.4. The number of hydrogen-bond acceptors (Lipinski definition) is 6. The number of hydrogen-bond donors (Lipinski definition) is 0. The molecule has 0 spiro atoms. The summed E-state index contributed by atoms with van der Waals surface area (Å²) in [5.41, 5.74) is 3.08. The summed E-state index contributed by atoms with van der Waals surface area (Å²) in [6.07, 6.45) is 0. The lowest BCUT2D eigenvalue weighted by atomic mass is 10.0. The van der Waals surface area contributed by atoms with E-state index in [1.807, 2.05) is 54.6 Å². The van der Waals surface area contributed by atoms with Crippen molar-refractivity contribution in [2.75, 3.05) is 7.11 Å². The van der Waals surface area contributed by atoms with Gasteiger partial charge in [0.2, 0.25) is 5.82 Å². The van der Waals surface area contributed by atoms with E-state index in [1.165, 1.54) is 0 Å². The van der Waals surface area contributed by atoms with Gasteiger partial charge in [0.1, 0.15) is 11.5 Å². The van der Waals surface area contributed by atoms with Crippen LogP contribution < -0.4 is 10.2 Å². The van der Waals surface area contributed by atoms with Crippen LogP contribution in [-0.4, -0.2) is 17.3 Å². The minimum Gasteiger partial charge on any atom is -0.497 e. The largest absolute Gasteiger partial charge is 0.497 e. The summed E-state index contributed by atoms with van der Waals surface area (Å²) in [5, 5.41) is 4.57. The maximum absolute atomic E-state index is 13.1. The molecule has 0 bridgehead atoms. The molecule has 0 amide bonds. The quantitative estimate of drug-likeness (QED) is 0.390. The SMILES string of the molecule is COc1ccc(-c2noc(-c3cccc4c(=O)c(C)c(-c5ccccc5)oc34)n2)cc1. The van der Waals surface area contributed by atoms with Gasteiger partial charge in [0.05, 0.1) is 18.1 Å². The van der Waals surface area contributed by atoms with E-state index in [1.54, 1.807) is 32.2 Å². The number of methoxy groups -OCH3 is 1. The van der Waals surface area contributed by atoms with Crippen molar-refractivity contribution in [1.82, 2.24) is 10.1 Å². The lowest BCUT2D eigenvalue weighted by Gasteiger charge is -2.08. The van der Waals surface area contributed by atoms with E-state index in [-0.39, 0.29) is 11.3 Å². The fourth-order valence-corrected chi connectivity index (χ4v) is 3.53. The third-order valence-corrected chi connectivity index (χ3v) is 5.19. The Balaban J connectivity index is 1.66. The Morgan fingerprint density at radius 1 is 0.871 bits per heavy atom. The van der Waals surface area contributed by atoms with Crippen LogP contribution in [0.25, 0.3) is 45.1 Å². The number of nitrogens with zero attached hydrogens (tertiary/aromatic N) is 2. The van der Waals surface area contributed by atoms with E-state index in [4.69, 9.17) is 13.7 Å². The zero-order valence-electron chi connectivity index (χ0n) is 17.0. The van der Waals surface area contributed by atoms with Crippen LogP contribution in [0.5, 0.6) is 5.75 Å². The van der Waals surface area contributed by atoms with Crippen molar-refractivity contribution in [3.63, 3.8) is 0 Å². The predicted molar refractivity (Wildman–Crippen MR) is 118 cm³/mol. The molecule has 5 rings (SSSR count). The molecule has 0 fully saturated rings. The number of benzene rings is 3. The number of fused-ring (bicyclic) bond motifs is 1. The molecule has 2 aromatic heterocycles.